The second kappa shape index (κ2) is 10.8. The van der Waals surface area contributed by atoms with Gasteiger partial charge >= 0.3 is 0 Å². The van der Waals surface area contributed by atoms with Crippen LogP contribution in [0.15, 0.2) is 163 Å². The molecule has 44 heavy (non-hydrogen) atoms. The maximum atomic E-state index is 4.56. The second-order valence-corrected chi connectivity index (χ2v) is 11.8. The molecule has 0 spiro atoms. The summed E-state index contributed by atoms with van der Waals surface area (Å²) in [7, 11) is 0. The lowest BCUT2D eigenvalue weighted by Crippen LogP contribution is -2.11. The first kappa shape index (κ1) is 26.4. The van der Waals surface area contributed by atoms with Gasteiger partial charge in [0.15, 0.2) is 0 Å². The molecule has 0 fully saturated rings. The predicted molar refractivity (Wildman–Crippen MR) is 192 cm³/mol. The Morgan fingerprint density at radius 2 is 0.773 bits per heavy atom. The smallest absolute Gasteiger partial charge is 0.0540 e. The fourth-order valence-electron chi connectivity index (χ4n) is 6.46. The average molecular weight is 583 g/mol. The summed E-state index contributed by atoms with van der Waals surface area (Å²) in [6.07, 6.45) is 0. The van der Waals surface area contributed by atoms with Gasteiger partial charge in [0.25, 0.3) is 0 Å². The summed E-state index contributed by atoms with van der Waals surface area (Å²) in [5.74, 6) is 0. The molecule has 0 aliphatic rings. The summed E-state index contributed by atoms with van der Waals surface area (Å²) in [6.45, 7) is 2.13. The Hall–Kier alpha value is -5.25. The first-order valence-electron chi connectivity index (χ1n) is 14.9. The van der Waals surface area contributed by atoms with E-state index in [1.165, 1.54) is 37.9 Å². The number of para-hydroxylation sites is 2. The molecular formula is C41H30N2S. The number of hydrogen-bond donors (Lipinski definition) is 1. The molecule has 0 heterocycles. The molecule has 0 bridgehead atoms. The van der Waals surface area contributed by atoms with E-state index in [4.69, 9.17) is 0 Å². The van der Waals surface area contributed by atoms with Crippen LogP contribution in [0.25, 0.3) is 32.3 Å². The van der Waals surface area contributed by atoms with E-state index >= 15 is 0 Å². The molecular weight excluding hydrogens is 553 g/mol. The van der Waals surface area contributed by atoms with Gasteiger partial charge in [0, 0.05) is 38.4 Å². The molecule has 0 N–H and O–H groups in total. The van der Waals surface area contributed by atoms with E-state index in [-0.39, 0.29) is 0 Å². The molecule has 0 aromatic heterocycles. The Bertz CT molecular complexity index is 2060. The number of benzene rings is 8. The molecule has 0 aliphatic carbocycles. The minimum atomic E-state index is 0.946. The molecule has 0 unspecified atom stereocenters. The number of anilines is 6. The van der Waals surface area contributed by atoms with Crippen LogP contribution in [0.4, 0.5) is 34.1 Å². The van der Waals surface area contributed by atoms with Crippen molar-refractivity contribution in [2.24, 2.45) is 0 Å². The van der Waals surface area contributed by atoms with Crippen molar-refractivity contribution in [1.82, 2.24) is 0 Å². The van der Waals surface area contributed by atoms with Gasteiger partial charge in [-0.15, -0.1) is 12.6 Å². The number of rotatable bonds is 6. The molecule has 0 saturated heterocycles. The SMILES string of the molecule is Cc1ccc(N(c2ccccc2)c2ccc3ccc4c(N(c5ccccc5)c5ccc(S)cc5)ccc5ccc2c3c54)cc1. The first-order valence-corrected chi connectivity index (χ1v) is 15.4. The Balaban J connectivity index is 1.41. The molecule has 0 aliphatic heterocycles. The van der Waals surface area contributed by atoms with Crippen molar-refractivity contribution < 1.29 is 0 Å². The predicted octanol–water partition coefficient (Wildman–Crippen LogP) is 12.1. The van der Waals surface area contributed by atoms with Crippen LogP contribution >= 0.6 is 12.6 Å². The number of thiol groups is 1. The van der Waals surface area contributed by atoms with Gasteiger partial charge in [-0.2, -0.15) is 0 Å². The molecule has 8 rings (SSSR count). The van der Waals surface area contributed by atoms with Gasteiger partial charge in [0.1, 0.15) is 0 Å². The Morgan fingerprint density at radius 1 is 0.386 bits per heavy atom. The van der Waals surface area contributed by atoms with Crippen molar-refractivity contribution in [2.75, 3.05) is 9.80 Å². The summed E-state index contributed by atoms with van der Waals surface area (Å²) >= 11 is 4.56. The van der Waals surface area contributed by atoms with Crippen LogP contribution in [0.5, 0.6) is 0 Å². The zero-order valence-electron chi connectivity index (χ0n) is 24.4. The standard InChI is InChI=1S/C41H30N2S/c1-28-12-18-33(19-13-28)42(31-8-4-2-5-9-31)38-26-16-29-15-25-37-39(27-17-30-14-24-36(38)40(29)41(30)37)43(32-10-6-3-7-11-32)34-20-22-35(44)23-21-34/h2-27,44H,1H3. The average Bonchev–Trinajstić information content (AvgIpc) is 3.07. The van der Waals surface area contributed by atoms with Crippen LogP contribution in [0.2, 0.25) is 0 Å². The fourth-order valence-corrected chi connectivity index (χ4v) is 6.61. The molecule has 210 valence electrons. The lowest BCUT2D eigenvalue weighted by molar-refractivity contribution is 1.28. The van der Waals surface area contributed by atoms with Crippen LogP contribution < -0.4 is 9.80 Å². The van der Waals surface area contributed by atoms with Crippen molar-refractivity contribution in [3.63, 3.8) is 0 Å². The van der Waals surface area contributed by atoms with Gasteiger partial charge in [0.05, 0.1) is 11.4 Å². The summed E-state index contributed by atoms with van der Waals surface area (Å²) in [5.41, 5.74) is 8.04. The van der Waals surface area contributed by atoms with Crippen molar-refractivity contribution in [1.29, 1.82) is 0 Å². The van der Waals surface area contributed by atoms with Gasteiger partial charge in [-0.05, 0) is 101 Å². The van der Waals surface area contributed by atoms with Gasteiger partial charge in [-0.1, -0.05) is 90.5 Å². The van der Waals surface area contributed by atoms with E-state index in [1.54, 1.807) is 0 Å². The van der Waals surface area contributed by atoms with Gasteiger partial charge in [-0.25, -0.2) is 0 Å². The first-order chi connectivity index (χ1) is 21.7. The Morgan fingerprint density at radius 3 is 1.23 bits per heavy atom. The highest BCUT2D eigenvalue weighted by molar-refractivity contribution is 7.80. The third kappa shape index (κ3) is 4.45. The summed E-state index contributed by atoms with van der Waals surface area (Å²) < 4.78 is 0. The molecule has 8 aromatic carbocycles. The van der Waals surface area contributed by atoms with E-state index in [1.807, 2.05) is 0 Å². The minimum Gasteiger partial charge on any atom is -0.310 e. The topological polar surface area (TPSA) is 6.48 Å². The van der Waals surface area contributed by atoms with Crippen molar-refractivity contribution in [2.45, 2.75) is 11.8 Å². The fraction of sp³-hybridized carbons (Fsp3) is 0.0244. The van der Waals surface area contributed by atoms with Crippen LogP contribution in [0.1, 0.15) is 5.56 Å². The second-order valence-electron chi connectivity index (χ2n) is 11.3. The van der Waals surface area contributed by atoms with E-state index < -0.39 is 0 Å². The molecule has 3 heteroatoms. The molecule has 0 saturated carbocycles. The van der Waals surface area contributed by atoms with Crippen LogP contribution in [0.3, 0.4) is 0 Å². The zero-order chi connectivity index (χ0) is 29.6. The van der Waals surface area contributed by atoms with E-state index in [0.29, 0.717) is 0 Å². The maximum absolute atomic E-state index is 4.56. The molecule has 0 radical (unpaired) electrons. The number of aryl methyl sites for hydroxylation is 1. The Kier molecular flexibility index (Phi) is 6.47. The molecule has 0 atom stereocenters. The quantitative estimate of drug-likeness (QED) is 0.154. The van der Waals surface area contributed by atoms with Crippen LogP contribution in [-0.4, -0.2) is 0 Å². The lowest BCUT2D eigenvalue weighted by Gasteiger charge is -2.29. The third-order valence-corrected chi connectivity index (χ3v) is 8.83. The summed E-state index contributed by atoms with van der Waals surface area (Å²) in [5, 5.41) is 7.49. The van der Waals surface area contributed by atoms with Gasteiger partial charge in [-0.3, -0.25) is 0 Å². The highest BCUT2D eigenvalue weighted by atomic mass is 32.1. The number of nitrogens with zero attached hydrogens (tertiary/aromatic N) is 2. The number of hydrogen-bond acceptors (Lipinski definition) is 3. The minimum absolute atomic E-state index is 0.946. The normalized spacial score (nSPS) is 11.4. The monoisotopic (exact) mass is 582 g/mol. The van der Waals surface area contributed by atoms with E-state index in [0.717, 1.165) is 39.0 Å². The van der Waals surface area contributed by atoms with Crippen LogP contribution in [-0.2, 0) is 0 Å². The molecule has 0 amide bonds. The van der Waals surface area contributed by atoms with Crippen molar-refractivity contribution in [3.8, 4) is 0 Å². The Labute approximate surface area is 263 Å². The third-order valence-electron chi connectivity index (χ3n) is 8.53. The largest absolute Gasteiger partial charge is 0.310 e. The van der Waals surface area contributed by atoms with Gasteiger partial charge < -0.3 is 9.80 Å². The molecule has 2 nitrogen and oxygen atoms in total. The van der Waals surface area contributed by atoms with Crippen LogP contribution in [0, 0.1) is 6.92 Å². The van der Waals surface area contributed by atoms with Gasteiger partial charge in [0.2, 0.25) is 0 Å². The highest BCUT2D eigenvalue weighted by Crippen LogP contribution is 2.47. The zero-order valence-corrected chi connectivity index (χ0v) is 25.2. The van der Waals surface area contributed by atoms with E-state index in [2.05, 4.69) is 187 Å². The van der Waals surface area contributed by atoms with E-state index in [9.17, 15) is 0 Å². The molecule has 8 aromatic rings. The highest BCUT2D eigenvalue weighted by Gasteiger charge is 2.21. The van der Waals surface area contributed by atoms with Crippen molar-refractivity contribution in [3.05, 3.63) is 163 Å². The summed E-state index contributed by atoms with van der Waals surface area (Å²) in [4.78, 5) is 5.67. The van der Waals surface area contributed by atoms with Crippen molar-refractivity contribution >= 4 is 79.1 Å². The lowest BCUT2D eigenvalue weighted by atomic mass is 9.91. The maximum Gasteiger partial charge on any atom is 0.0540 e. The summed E-state index contributed by atoms with van der Waals surface area (Å²) in [6, 6.07) is 56.7.